The number of aromatic nitrogens is 1. The Morgan fingerprint density at radius 1 is 1.33 bits per heavy atom. The van der Waals surface area contributed by atoms with Crippen LogP contribution in [0.25, 0.3) is 10.9 Å². The second-order valence-corrected chi connectivity index (χ2v) is 7.46. The molecule has 4 rings (SSSR count). The SMILES string of the molecule is Cc1c(C=O)n(C)c2ccc(NC(=O)c3ccc(OC[C@@H]4CCCO4)cc3F)cc12. The summed E-state index contributed by atoms with van der Waals surface area (Å²) in [6.07, 6.45) is 2.78. The third-order valence-corrected chi connectivity index (χ3v) is 5.52. The van der Waals surface area contributed by atoms with Gasteiger partial charge in [-0.25, -0.2) is 4.39 Å². The van der Waals surface area contributed by atoms with Crippen LogP contribution in [0.15, 0.2) is 36.4 Å². The summed E-state index contributed by atoms with van der Waals surface area (Å²) in [5.74, 6) is -0.846. The molecule has 1 fully saturated rings. The molecule has 6 nitrogen and oxygen atoms in total. The fraction of sp³-hybridized carbons (Fsp3) is 0.304. The highest BCUT2D eigenvalue weighted by molar-refractivity contribution is 6.06. The van der Waals surface area contributed by atoms with Crippen molar-refractivity contribution >= 4 is 28.8 Å². The van der Waals surface area contributed by atoms with Crippen molar-refractivity contribution in [2.75, 3.05) is 18.5 Å². The van der Waals surface area contributed by atoms with E-state index in [1.54, 1.807) is 22.8 Å². The summed E-state index contributed by atoms with van der Waals surface area (Å²) >= 11 is 0. The number of anilines is 1. The number of hydrogen-bond donors (Lipinski definition) is 1. The molecule has 156 valence electrons. The second kappa shape index (κ2) is 8.28. The Hall–Kier alpha value is -3.19. The van der Waals surface area contributed by atoms with E-state index in [0.717, 1.165) is 42.2 Å². The van der Waals surface area contributed by atoms with E-state index in [9.17, 15) is 14.0 Å². The fourth-order valence-electron chi connectivity index (χ4n) is 3.83. The number of rotatable bonds is 6. The largest absolute Gasteiger partial charge is 0.491 e. The van der Waals surface area contributed by atoms with Crippen LogP contribution in [0.3, 0.4) is 0 Å². The first-order chi connectivity index (χ1) is 14.5. The van der Waals surface area contributed by atoms with E-state index < -0.39 is 11.7 Å². The first-order valence-corrected chi connectivity index (χ1v) is 9.87. The lowest BCUT2D eigenvalue weighted by molar-refractivity contribution is 0.0678. The van der Waals surface area contributed by atoms with Crippen molar-refractivity contribution < 1.29 is 23.5 Å². The van der Waals surface area contributed by atoms with Gasteiger partial charge in [-0.1, -0.05) is 0 Å². The van der Waals surface area contributed by atoms with Crippen molar-refractivity contribution in [2.24, 2.45) is 7.05 Å². The van der Waals surface area contributed by atoms with E-state index in [1.807, 2.05) is 20.0 Å². The maximum Gasteiger partial charge on any atom is 0.258 e. The van der Waals surface area contributed by atoms with Crippen molar-refractivity contribution in [1.82, 2.24) is 4.57 Å². The van der Waals surface area contributed by atoms with Gasteiger partial charge in [0.2, 0.25) is 0 Å². The highest BCUT2D eigenvalue weighted by atomic mass is 19.1. The molecule has 7 heteroatoms. The minimum absolute atomic E-state index is 0.0344. The minimum Gasteiger partial charge on any atom is -0.491 e. The molecular weight excluding hydrogens is 387 g/mol. The molecular formula is C23H23FN2O4. The van der Waals surface area contributed by atoms with Crippen molar-refractivity contribution in [3.05, 3.63) is 59.0 Å². The lowest BCUT2D eigenvalue weighted by atomic mass is 10.1. The van der Waals surface area contributed by atoms with Crippen molar-refractivity contribution in [1.29, 1.82) is 0 Å². The summed E-state index contributed by atoms with van der Waals surface area (Å²) in [5, 5.41) is 3.58. The molecule has 0 spiro atoms. The zero-order valence-electron chi connectivity index (χ0n) is 16.9. The molecule has 1 aromatic heterocycles. The van der Waals surface area contributed by atoms with Gasteiger partial charge in [0, 0.05) is 36.3 Å². The number of carbonyl (C=O) groups is 2. The van der Waals surface area contributed by atoms with Crippen molar-refractivity contribution in [3.8, 4) is 5.75 Å². The van der Waals surface area contributed by atoms with Gasteiger partial charge in [-0.2, -0.15) is 0 Å². The molecule has 1 atom stereocenters. The van der Waals surface area contributed by atoms with E-state index in [-0.39, 0.29) is 11.7 Å². The first-order valence-electron chi connectivity index (χ1n) is 9.87. The predicted octanol–water partition coefficient (Wildman–Crippen LogP) is 4.25. The highest BCUT2D eigenvalue weighted by Crippen LogP contribution is 2.27. The normalized spacial score (nSPS) is 16.0. The number of nitrogens with one attached hydrogen (secondary N) is 1. The van der Waals surface area contributed by atoms with E-state index in [0.29, 0.717) is 23.7 Å². The van der Waals surface area contributed by atoms with Gasteiger partial charge < -0.3 is 19.4 Å². The number of halogens is 1. The van der Waals surface area contributed by atoms with Gasteiger partial charge in [0.1, 0.15) is 18.2 Å². The molecule has 0 bridgehead atoms. The van der Waals surface area contributed by atoms with Crippen LogP contribution in [-0.2, 0) is 11.8 Å². The van der Waals surface area contributed by atoms with Gasteiger partial charge in [-0.3, -0.25) is 9.59 Å². The molecule has 30 heavy (non-hydrogen) atoms. The highest BCUT2D eigenvalue weighted by Gasteiger charge is 2.18. The van der Waals surface area contributed by atoms with Crippen LogP contribution in [0, 0.1) is 12.7 Å². The van der Waals surface area contributed by atoms with Crippen molar-refractivity contribution in [3.63, 3.8) is 0 Å². The lowest BCUT2D eigenvalue weighted by Crippen LogP contribution is -2.17. The molecule has 3 aromatic rings. The molecule has 1 N–H and O–H groups in total. The predicted molar refractivity (Wildman–Crippen MR) is 112 cm³/mol. The van der Waals surface area contributed by atoms with Crippen LogP contribution in [0.1, 0.15) is 39.3 Å². The number of benzene rings is 2. The monoisotopic (exact) mass is 410 g/mol. The van der Waals surface area contributed by atoms with E-state index in [4.69, 9.17) is 9.47 Å². The topological polar surface area (TPSA) is 69.6 Å². The number of carbonyl (C=O) groups excluding carboxylic acids is 2. The van der Waals surface area contributed by atoms with Gasteiger partial charge in [0.15, 0.2) is 6.29 Å². The molecule has 0 saturated carbocycles. The summed E-state index contributed by atoms with van der Waals surface area (Å²) in [5.41, 5.74) is 2.75. The van der Waals surface area contributed by atoms with E-state index in [2.05, 4.69) is 5.32 Å². The molecule has 1 aliphatic rings. The maximum absolute atomic E-state index is 14.5. The summed E-state index contributed by atoms with van der Waals surface area (Å²) in [7, 11) is 1.81. The van der Waals surface area contributed by atoms with Crippen LogP contribution in [0.2, 0.25) is 0 Å². The van der Waals surface area contributed by atoms with Gasteiger partial charge in [0.25, 0.3) is 5.91 Å². The average Bonchev–Trinajstić information content (AvgIpc) is 3.33. The third kappa shape index (κ3) is 3.80. The Kier molecular flexibility index (Phi) is 5.55. The molecule has 0 aliphatic carbocycles. The van der Waals surface area contributed by atoms with Crippen LogP contribution in [0.5, 0.6) is 5.75 Å². The molecule has 2 heterocycles. The Morgan fingerprint density at radius 3 is 2.87 bits per heavy atom. The number of aldehydes is 1. The first kappa shape index (κ1) is 20.1. The van der Waals surface area contributed by atoms with Crippen LogP contribution >= 0.6 is 0 Å². The van der Waals surface area contributed by atoms with Crippen LogP contribution < -0.4 is 10.1 Å². The number of aryl methyl sites for hydroxylation is 2. The van der Waals surface area contributed by atoms with Crippen LogP contribution in [-0.4, -0.2) is 36.1 Å². The van der Waals surface area contributed by atoms with Crippen LogP contribution in [0.4, 0.5) is 10.1 Å². The minimum atomic E-state index is -0.655. The van der Waals surface area contributed by atoms with Gasteiger partial charge in [0.05, 0.1) is 17.4 Å². The Morgan fingerprint density at radius 2 is 2.17 bits per heavy atom. The van der Waals surface area contributed by atoms with Gasteiger partial charge in [-0.05, 0) is 55.7 Å². The third-order valence-electron chi connectivity index (χ3n) is 5.52. The number of nitrogens with zero attached hydrogens (tertiary/aromatic N) is 1. The quantitative estimate of drug-likeness (QED) is 0.617. The Balaban J connectivity index is 1.49. The van der Waals surface area contributed by atoms with Gasteiger partial charge in [-0.15, -0.1) is 0 Å². The Bertz CT molecular complexity index is 1120. The Labute approximate surface area is 173 Å². The summed E-state index contributed by atoms with van der Waals surface area (Å²) in [4.78, 5) is 23.9. The summed E-state index contributed by atoms with van der Waals surface area (Å²) < 4.78 is 27.4. The standard InChI is InChI=1S/C23H23FN2O4/c1-14-19-10-15(5-8-21(19)26(2)22(14)12-27)25-23(28)18-7-6-16(11-20(18)24)30-13-17-4-3-9-29-17/h5-8,10-12,17H,3-4,9,13H2,1-2H3,(H,25,28)/t17-/m0/s1. The number of hydrogen-bond acceptors (Lipinski definition) is 4. The zero-order chi connectivity index (χ0) is 21.3. The zero-order valence-corrected chi connectivity index (χ0v) is 16.9. The number of amides is 1. The molecule has 0 unspecified atom stereocenters. The summed E-state index contributed by atoms with van der Waals surface area (Å²) in [6.45, 7) is 2.95. The van der Waals surface area contributed by atoms with E-state index >= 15 is 0 Å². The molecule has 1 aliphatic heterocycles. The molecule has 2 aromatic carbocycles. The average molecular weight is 410 g/mol. The van der Waals surface area contributed by atoms with Gasteiger partial charge >= 0.3 is 0 Å². The lowest BCUT2D eigenvalue weighted by Gasteiger charge is -2.12. The molecule has 1 amide bonds. The smallest absolute Gasteiger partial charge is 0.258 e. The molecule has 1 saturated heterocycles. The molecule has 0 radical (unpaired) electrons. The fourth-order valence-corrected chi connectivity index (χ4v) is 3.83. The van der Waals surface area contributed by atoms with Crippen molar-refractivity contribution in [2.45, 2.75) is 25.9 Å². The van der Waals surface area contributed by atoms with E-state index in [1.165, 1.54) is 12.1 Å². The number of ether oxygens (including phenoxy) is 2. The summed E-state index contributed by atoms with van der Waals surface area (Å²) in [6, 6.07) is 9.53. The second-order valence-electron chi connectivity index (χ2n) is 7.46. The maximum atomic E-state index is 14.5. The number of fused-ring (bicyclic) bond motifs is 1.